The Kier molecular flexibility index (Phi) is 10.5. The fourth-order valence-corrected chi connectivity index (χ4v) is 4.23. The summed E-state index contributed by atoms with van der Waals surface area (Å²) in [7, 11) is 6.21. The van der Waals surface area contributed by atoms with E-state index >= 15 is 0 Å². The van der Waals surface area contributed by atoms with Crippen molar-refractivity contribution in [1.82, 2.24) is 9.80 Å². The van der Waals surface area contributed by atoms with Gasteiger partial charge in [-0.15, -0.1) is 0 Å². The standard InChI is InChI=1S/C9H18NOP.C5H9NO3.2C2H6/c1-8-5-10(3)6-9(8,2)7(8)4-11-12;1-6-2-4(3-7)9-5(6)8;2*1-2/h7H,4-6,12H2,1-3H3;4,7H,2-3H2,1H3;2*1-2H3/t7?,8-,9+;;;. The second kappa shape index (κ2) is 10.7. The lowest BCUT2D eigenvalue weighted by Crippen LogP contribution is -2.24. The van der Waals surface area contributed by atoms with E-state index in [0.29, 0.717) is 17.4 Å². The van der Waals surface area contributed by atoms with Gasteiger partial charge in [-0.25, -0.2) is 4.79 Å². The number of likely N-dealkylation sites (N-methyl/N-ethyl adjacent to an activating group) is 1. The number of carbonyl (C=O) groups is 1. The van der Waals surface area contributed by atoms with Crippen LogP contribution in [0.3, 0.4) is 0 Å². The Morgan fingerprint density at radius 2 is 1.68 bits per heavy atom. The number of cyclic esters (lactones) is 1. The maximum atomic E-state index is 10.5. The van der Waals surface area contributed by atoms with Crippen LogP contribution in [0.25, 0.3) is 0 Å². The first-order chi connectivity index (χ1) is 11.8. The van der Waals surface area contributed by atoms with E-state index in [0.717, 1.165) is 12.5 Å². The predicted molar refractivity (Wildman–Crippen MR) is 106 cm³/mol. The van der Waals surface area contributed by atoms with E-state index < -0.39 is 0 Å². The van der Waals surface area contributed by atoms with Gasteiger partial charge in [0, 0.05) is 29.6 Å². The molecular weight excluding hydrogens is 339 g/mol. The lowest BCUT2D eigenvalue weighted by molar-refractivity contribution is 0.0951. The third-order valence-electron chi connectivity index (χ3n) is 5.48. The average molecular weight is 378 g/mol. The number of aliphatic hydroxyl groups excluding tert-OH is 1. The Morgan fingerprint density at radius 3 is 1.96 bits per heavy atom. The van der Waals surface area contributed by atoms with E-state index in [2.05, 4.69) is 40.0 Å². The van der Waals surface area contributed by atoms with Crippen molar-refractivity contribution in [2.24, 2.45) is 16.7 Å². The number of likely N-dealkylation sites (tertiary alicyclic amines) is 1. The molecule has 7 heteroatoms. The Hall–Kier alpha value is -0.420. The van der Waals surface area contributed by atoms with Crippen molar-refractivity contribution in [2.75, 3.05) is 46.9 Å². The third-order valence-corrected chi connectivity index (χ3v) is 5.67. The molecule has 3 fully saturated rings. The van der Waals surface area contributed by atoms with Crippen molar-refractivity contribution in [2.45, 2.75) is 47.6 Å². The summed E-state index contributed by atoms with van der Waals surface area (Å²) in [5.41, 5.74) is 1.05. The zero-order chi connectivity index (χ0) is 19.8. The van der Waals surface area contributed by atoms with Crippen LogP contribution in [0.2, 0.25) is 0 Å². The number of carbonyl (C=O) groups excluding carboxylic acids is 1. The minimum atomic E-state index is -0.353. The van der Waals surface area contributed by atoms with Gasteiger partial charge in [-0.3, -0.25) is 0 Å². The number of hydrogen-bond acceptors (Lipinski definition) is 5. The van der Waals surface area contributed by atoms with Crippen LogP contribution in [-0.4, -0.2) is 74.0 Å². The quantitative estimate of drug-likeness (QED) is 0.765. The molecule has 25 heavy (non-hydrogen) atoms. The van der Waals surface area contributed by atoms with Crippen LogP contribution in [0.5, 0.6) is 0 Å². The molecular formula is C18H39N2O4P. The SMILES string of the molecule is CC.CC.CN1CC(CO)OC1=O.CN1C[C@@]2(C)C(COP)[C@@]2(C)C1. The monoisotopic (exact) mass is 378 g/mol. The highest BCUT2D eigenvalue weighted by Gasteiger charge is 2.73. The Balaban J connectivity index is 0.000000396. The first-order valence-corrected chi connectivity index (χ1v) is 9.78. The van der Waals surface area contributed by atoms with Crippen LogP contribution >= 0.6 is 9.47 Å². The summed E-state index contributed by atoms with van der Waals surface area (Å²) in [5, 5.41) is 8.50. The van der Waals surface area contributed by atoms with Gasteiger partial charge in [0.1, 0.15) is 6.10 Å². The van der Waals surface area contributed by atoms with Crippen LogP contribution in [-0.2, 0) is 9.26 Å². The number of piperidine rings is 1. The van der Waals surface area contributed by atoms with Gasteiger partial charge in [-0.05, 0) is 23.8 Å². The van der Waals surface area contributed by atoms with Crippen LogP contribution in [0, 0.1) is 16.7 Å². The van der Waals surface area contributed by atoms with Crippen molar-refractivity contribution in [1.29, 1.82) is 0 Å². The first-order valence-electron chi connectivity index (χ1n) is 9.31. The minimum absolute atomic E-state index is 0.0872. The highest BCUT2D eigenvalue weighted by molar-refractivity contribution is 7.09. The van der Waals surface area contributed by atoms with E-state index in [9.17, 15) is 4.79 Å². The molecule has 1 amide bonds. The third kappa shape index (κ3) is 5.29. The topological polar surface area (TPSA) is 62.2 Å². The van der Waals surface area contributed by atoms with Crippen molar-refractivity contribution in [3.05, 3.63) is 0 Å². The summed E-state index contributed by atoms with van der Waals surface area (Å²) in [5.74, 6) is 0.777. The number of hydrogen-bond donors (Lipinski definition) is 1. The molecule has 3 aliphatic rings. The summed E-state index contributed by atoms with van der Waals surface area (Å²) in [6, 6.07) is 0. The van der Waals surface area contributed by atoms with E-state index in [1.54, 1.807) is 7.05 Å². The molecule has 2 saturated heterocycles. The zero-order valence-electron chi connectivity index (χ0n) is 17.3. The average Bonchev–Trinajstić information content (AvgIpc) is 2.85. The molecule has 2 heterocycles. The van der Waals surface area contributed by atoms with Crippen molar-refractivity contribution < 1.29 is 19.2 Å². The lowest BCUT2D eigenvalue weighted by atomic mass is 10.0. The first kappa shape index (κ1) is 24.6. The maximum absolute atomic E-state index is 10.5. The number of fused-ring (bicyclic) bond motifs is 1. The van der Waals surface area contributed by atoms with Gasteiger partial charge in [0.05, 0.1) is 19.8 Å². The van der Waals surface area contributed by atoms with Crippen molar-refractivity contribution in [3.8, 4) is 0 Å². The van der Waals surface area contributed by atoms with Crippen LogP contribution < -0.4 is 0 Å². The number of nitrogens with zero attached hydrogens (tertiary/aromatic N) is 2. The van der Waals surface area contributed by atoms with Crippen LogP contribution in [0.15, 0.2) is 0 Å². The van der Waals surface area contributed by atoms with Crippen molar-refractivity contribution in [3.63, 3.8) is 0 Å². The molecule has 2 aliphatic heterocycles. The van der Waals surface area contributed by atoms with Gasteiger partial charge in [-0.2, -0.15) is 0 Å². The molecule has 3 unspecified atom stereocenters. The smallest absolute Gasteiger partial charge is 0.410 e. The molecule has 0 radical (unpaired) electrons. The Morgan fingerprint density at radius 1 is 1.20 bits per heavy atom. The lowest BCUT2D eigenvalue weighted by Gasteiger charge is -2.17. The fourth-order valence-electron chi connectivity index (χ4n) is 4.04. The van der Waals surface area contributed by atoms with E-state index in [1.165, 1.54) is 18.0 Å². The van der Waals surface area contributed by atoms with Crippen LogP contribution in [0.4, 0.5) is 4.79 Å². The summed E-state index contributed by atoms with van der Waals surface area (Å²) < 4.78 is 9.83. The Bertz CT molecular complexity index is 395. The molecule has 1 N–H and O–H groups in total. The highest BCUT2D eigenvalue weighted by atomic mass is 31.0. The van der Waals surface area contributed by atoms with Gasteiger partial charge >= 0.3 is 6.09 Å². The fraction of sp³-hybridized carbons (Fsp3) is 0.944. The minimum Gasteiger partial charge on any atom is -0.442 e. The Labute approximate surface area is 156 Å². The van der Waals surface area contributed by atoms with Crippen LogP contribution in [0.1, 0.15) is 41.5 Å². The molecule has 0 spiro atoms. The number of ether oxygens (including phenoxy) is 1. The number of amides is 1. The van der Waals surface area contributed by atoms with Gasteiger partial charge in [0.15, 0.2) is 0 Å². The van der Waals surface area contributed by atoms with Gasteiger partial charge < -0.3 is 24.2 Å². The normalized spacial score (nSPS) is 35.3. The zero-order valence-corrected chi connectivity index (χ0v) is 18.5. The second-order valence-electron chi connectivity index (χ2n) is 6.96. The van der Waals surface area contributed by atoms with Gasteiger partial charge in [0.25, 0.3) is 0 Å². The van der Waals surface area contributed by atoms with E-state index in [4.69, 9.17) is 9.63 Å². The summed E-state index contributed by atoms with van der Waals surface area (Å²) in [6.07, 6.45) is -0.670. The molecule has 150 valence electrons. The second-order valence-corrected chi connectivity index (χ2v) is 7.30. The maximum Gasteiger partial charge on any atom is 0.410 e. The molecule has 1 aliphatic carbocycles. The molecule has 5 atom stereocenters. The molecule has 1 saturated carbocycles. The molecule has 0 aromatic rings. The molecule has 0 aromatic carbocycles. The van der Waals surface area contributed by atoms with E-state index in [1.807, 2.05) is 27.7 Å². The summed E-state index contributed by atoms with van der Waals surface area (Å²) >= 11 is 0. The van der Waals surface area contributed by atoms with Gasteiger partial charge in [0.2, 0.25) is 0 Å². The van der Waals surface area contributed by atoms with E-state index in [-0.39, 0.29) is 18.8 Å². The summed E-state index contributed by atoms with van der Waals surface area (Å²) in [6.45, 7) is 16.6. The summed E-state index contributed by atoms with van der Waals surface area (Å²) in [4.78, 5) is 14.4. The number of aliphatic hydroxyl groups is 1. The van der Waals surface area contributed by atoms with Crippen molar-refractivity contribution >= 4 is 15.6 Å². The molecule has 0 bridgehead atoms. The predicted octanol–water partition coefficient (Wildman–Crippen LogP) is 2.86. The molecule has 6 nitrogen and oxygen atoms in total. The highest BCUT2D eigenvalue weighted by Crippen LogP contribution is 2.72. The molecule has 0 aromatic heterocycles. The molecule has 3 rings (SSSR count). The number of rotatable bonds is 3. The largest absolute Gasteiger partial charge is 0.442 e. The van der Waals surface area contributed by atoms with Gasteiger partial charge in [-0.1, -0.05) is 41.5 Å².